The van der Waals surface area contributed by atoms with E-state index in [1.54, 1.807) is 11.8 Å². The normalized spacial score (nSPS) is 13.7. The molecule has 0 aromatic heterocycles. The first-order valence-corrected chi connectivity index (χ1v) is 7.73. The van der Waals surface area contributed by atoms with Gasteiger partial charge in [-0.2, -0.15) is 11.8 Å². The molecule has 1 unspecified atom stereocenters. The molecule has 0 aromatic rings. The van der Waals surface area contributed by atoms with E-state index in [0.717, 1.165) is 25.0 Å². The molecular weight excluding hydrogens is 252 g/mol. The zero-order chi connectivity index (χ0) is 14.0. The summed E-state index contributed by atoms with van der Waals surface area (Å²) in [5.41, 5.74) is 0. The summed E-state index contributed by atoms with van der Waals surface area (Å²) in [6, 6.07) is -1.10. The minimum atomic E-state index is -0.975. The maximum Gasteiger partial charge on any atom is 0.326 e. The van der Waals surface area contributed by atoms with Crippen molar-refractivity contribution < 1.29 is 14.7 Å². The van der Waals surface area contributed by atoms with Crippen molar-refractivity contribution in [2.75, 3.05) is 12.0 Å². The van der Waals surface area contributed by atoms with Gasteiger partial charge in [0.05, 0.1) is 0 Å². The fourth-order valence-electron chi connectivity index (χ4n) is 1.51. The van der Waals surface area contributed by atoms with Crippen molar-refractivity contribution in [2.45, 2.75) is 51.6 Å². The van der Waals surface area contributed by atoms with Crippen LogP contribution in [0.25, 0.3) is 0 Å². The number of aliphatic carboxylic acids is 1. The average Bonchev–Trinajstić information content (AvgIpc) is 2.33. The van der Waals surface area contributed by atoms with E-state index in [1.165, 1.54) is 0 Å². The second kappa shape index (κ2) is 10.1. The number of carboxylic acid groups (broad SMARTS) is 1. The van der Waals surface area contributed by atoms with Gasteiger partial charge in [0.25, 0.3) is 0 Å². The van der Waals surface area contributed by atoms with Crippen LogP contribution >= 0.6 is 11.8 Å². The quantitative estimate of drug-likeness (QED) is 0.602. The van der Waals surface area contributed by atoms with Crippen LogP contribution in [0.4, 0.5) is 4.79 Å². The van der Waals surface area contributed by atoms with E-state index >= 15 is 0 Å². The largest absolute Gasteiger partial charge is 0.480 e. The molecule has 0 aliphatic heterocycles. The molecule has 5 nitrogen and oxygen atoms in total. The maximum atomic E-state index is 11.7. The topological polar surface area (TPSA) is 78.4 Å². The number of amides is 2. The van der Waals surface area contributed by atoms with Gasteiger partial charge in [-0.05, 0) is 19.1 Å². The summed E-state index contributed by atoms with van der Waals surface area (Å²) in [6.45, 7) is 3.98. The van der Waals surface area contributed by atoms with Crippen LogP contribution in [0.15, 0.2) is 0 Å². The molecule has 0 aliphatic rings. The van der Waals surface area contributed by atoms with E-state index in [0.29, 0.717) is 6.42 Å². The second-order valence-electron chi connectivity index (χ2n) is 4.21. The van der Waals surface area contributed by atoms with Crippen LogP contribution in [-0.2, 0) is 4.79 Å². The highest BCUT2D eigenvalue weighted by molar-refractivity contribution is 7.98. The smallest absolute Gasteiger partial charge is 0.326 e. The minimum absolute atomic E-state index is 0.0839. The van der Waals surface area contributed by atoms with Crippen LogP contribution in [0.3, 0.4) is 0 Å². The number of hydrogen-bond donors (Lipinski definition) is 3. The zero-order valence-electron chi connectivity index (χ0n) is 11.4. The Balaban J connectivity index is 4.19. The first-order valence-electron chi connectivity index (χ1n) is 6.33. The van der Waals surface area contributed by atoms with Gasteiger partial charge < -0.3 is 15.7 Å². The molecule has 0 aliphatic carbocycles. The Morgan fingerprint density at radius 2 is 1.94 bits per heavy atom. The predicted molar refractivity (Wildman–Crippen MR) is 75.1 cm³/mol. The molecule has 2 atom stereocenters. The van der Waals surface area contributed by atoms with E-state index in [9.17, 15) is 9.59 Å². The maximum absolute atomic E-state index is 11.7. The van der Waals surface area contributed by atoms with Crippen molar-refractivity contribution in [3.05, 3.63) is 0 Å². The van der Waals surface area contributed by atoms with Gasteiger partial charge in [0.15, 0.2) is 0 Å². The monoisotopic (exact) mass is 276 g/mol. The first-order chi connectivity index (χ1) is 8.54. The van der Waals surface area contributed by atoms with Crippen molar-refractivity contribution >= 4 is 23.8 Å². The molecule has 3 N–H and O–H groups in total. The Hall–Kier alpha value is -0.910. The van der Waals surface area contributed by atoms with Gasteiger partial charge in [-0.1, -0.05) is 26.7 Å². The number of carboxylic acids is 1. The molecule has 0 spiro atoms. The Bertz CT molecular complexity index is 262. The lowest BCUT2D eigenvalue weighted by Crippen LogP contribution is -2.49. The third-order valence-electron chi connectivity index (χ3n) is 2.65. The van der Waals surface area contributed by atoms with E-state index in [1.807, 2.05) is 20.1 Å². The molecule has 2 amide bonds. The van der Waals surface area contributed by atoms with Crippen molar-refractivity contribution in [2.24, 2.45) is 0 Å². The summed E-state index contributed by atoms with van der Waals surface area (Å²) in [4.78, 5) is 22.6. The highest BCUT2D eigenvalue weighted by Gasteiger charge is 2.20. The van der Waals surface area contributed by atoms with Gasteiger partial charge in [-0.3, -0.25) is 0 Å². The number of nitrogens with one attached hydrogen (secondary N) is 2. The fraction of sp³-hybridized carbons (Fsp3) is 0.833. The van der Waals surface area contributed by atoms with Gasteiger partial charge in [0.2, 0.25) is 0 Å². The summed E-state index contributed by atoms with van der Waals surface area (Å²) >= 11 is 1.66. The van der Waals surface area contributed by atoms with Crippen molar-refractivity contribution in [3.63, 3.8) is 0 Å². The fourth-order valence-corrected chi connectivity index (χ4v) is 2.24. The van der Waals surface area contributed by atoms with Crippen molar-refractivity contribution in [3.8, 4) is 0 Å². The van der Waals surface area contributed by atoms with E-state index in [4.69, 9.17) is 5.11 Å². The molecule has 0 aromatic carbocycles. The summed E-state index contributed by atoms with van der Waals surface area (Å²) in [6.07, 6.45) is 4.99. The number of carbonyl (C=O) groups is 2. The van der Waals surface area contributed by atoms with Gasteiger partial charge in [-0.25, -0.2) is 9.59 Å². The van der Waals surface area contributed by atoms with Crippen LogP contribution in [0.1, 0.15) is 39.5 Å². The molecule has 0 rings (SSSR count). The Kier molecular flexibility index (Phi) is 9.55. The lowest BCUT2D eigenvalue weighted by atomic mass is 10.1. The van der Waals surface area contributed by atoms with Crippen molar-refractivity contribution in [1.29, 1.82) is 0 Å². The van der Waals surface area contributed by atoms with Crippen LogP contribution in [0.5, 0.6) is 0 Å². The Morgan fingerprint density at radius 3 is 2.39 bits per heavy atom. The van der Waals surface area contributed by atoms with E-state index in [-0.39, 0.29) is 12.1 Å². The number of urea groups is 1. The molecule has 6 heteroatoms. The number of rotatable bonds is 9. The molecule has 0 saturated carbocycles. The second-order valence-corrected chi connectivity index (χ2v) is 5.12. The molecule has 0 saturated heterocycles. The highest BCUT2D eigenvalue weighted by atomic mass is 32.2. The average molecular weight is 276 g/mol. The predicted octanol–water partition coefficient (Wildman–Crippen LogP) is 2.07. The number of carbonyl (C=O) groups excluding carboxylic acids is 1. The third kappa shape index (κ3) is 7.42. The van der Waals surface area contributed by atoms with E-state index in [2.05, 4.69) is 10.6 Å². The standard InChI is InChI=1S/C12H24N2O3S/c1-4-6-7-10(11(15)16)14-12(17)13-9(5-2)8-18-3/h9-10H,4-8H2,1-3H3,(H,15,16)(H2,13,14,17)/t9?,10-/m0/s1. The van der Waals surface area contributed by atoms with Gasteiger partial charge >= 0.3 is 12.0 Å². The molecule has 18 heavy (non-hydrogen) atoms. The Labute approximate surface area is 113 Å². The molecule has 0 radical (unpaired) electrons. The molecule has 106 valence electrons. The Morgan fingerprint density at radius 1 is 1.28 bits per heavy atom. The third-order valence-corrected chi connectivity index (χ3v) is 3.38. The first kappa shape index (κ1) is 17.1. The van der Waals surface area contributed by atoms with Crippen molar-refractivity contribution in [1.82, 2.24) is 10.6 Å². The number of hydrogen-bond acceptors (Lipinski definition) is 3. The minimum Gasteiger partial charge on any atom is -0.480 e. The summed E-state index contributed by atoms with van der Waals surface area (Å²) in [7, 11) is 0. The molecular formula is C12H24N2O3S. The summed E-state index contributed by atoms with van der Waals surface area (Å²) < 4.78 is 0. The number of unbranched alkanes of at least 4 members (excludes halogenated alkanes) is 1. The van der Waals surface area contributed by atoms with Crippen LogP contribution in [0, 0.1) is 0 Å². The SMILES string of the molecule is CCCC[C@H](NC(=O)NC(CC)CSC)C(=O)O. The van der Waals surface area contributed by atoms with Gasteiger partial charge in [0.1, 0.15) is 6.04 Å². The van der Waals surface area contributed by atoms with Crippen LogP contribution in [0.2, 0.25) is 0 Å². The summed E-state index contributed by atoms with van der Waals surface area (Å²) in [5, 5.41) is 14.3. The molecule has 0 fully saturated rings. The molecule has 0 heterocycles. The molecule has 0 bridgehead atoms. The lowest BCUT2D eigenvalue weighted by molar-refractivity contribution is -0.139. The zero-order valence-corrected chi connectivity index (χ0v) is 12.2. The highest BCUT2D eigenvalue weighted by Crippen LogP contribution is 2.03. The van der Waals surface area contributed by atoms with E-state index < -0.39 is 12.0 Å². The number of thioether (sulfide) groups is 1. The van der Waals surface area contributed by atoms with Gasteiger partial charge in [0, 0.05) is 11.8 Å². The van der Waals surface area contributed by atoms with Gasteiger partial charge in [-0.15, -0.1) is 0 Å². The summed E-state index contributed by atoms with van der Waals surface area (Å²) in [5.74, 6) is -0.145. The lowest BCUT2D eigenvalue weighted by Gasteiger charge is -2.19. The van der Waals surface area contributed by atoms with Crippen LogP contribution < -0.4 is 10.6 Å². The van der Waals surface area contributed by atoms with Crippen LogP contribution in [-0.4, -0.2) is 41.2 Å².